The number of hydrogen-bond donors (Lipinski definition) is 1. The lowest BCUT2D eigenvalue weighted by Gasteiger charge is -2.35. The van der Waals surface area contributed by atoms with E-state index in [1.807, 2.05) is 9.80 Å². The van der Waals surface area contributed by atoms with Crippen LogP contribution in [-0.4, -0.2) is 67.0 Å². The van der Waals surface area contributed by atoms with E-state index in [0.29, 0.717) is 48.5 Å². The molecule has 0 aliphatic carbocycles. The number of halogens is 2. The molecule has 0 unspecified atom stereocenters. The topological polar surface area (TPSA) is 61.9 Å². The van der Waals surface area contributed by atoms with Crippen molar-refractivity contribution in [3.05, 3.63) is 28.2 Å². The van der Waals surface area contributed by atoms with Crippen molar-refractivity contribution in [2.45, 2.75) is 18.9 Å². The summed E-state index contributed by atoms with van der Waals surface area (Å²) in [6.45, 7) is 3.44. The number of nitrogens with one attached hydrogen (secondary N) is 1. The number of piperazine rings is 1. The molecule has 25 heavy (non-hydrogen) atoms. The average Bonchev–Trinajstić information content (AvgIpc) is 3.13. The van der Waals surface area contributed by atoms with Gasteiger partial charge in [0.25, 0.3) is 5.91 Å². The van der Waals surface area contributed by atoms with E-state index in [1.54, 1.807) is 18.2 Å². The van der Waals surface area contributed by atoms with Crippen LogP contribution in [0.4, 0.5) is 5.69 Å². The Labute approximate surface area is 157 Å². The Morgan fingerprint density at radius 2 is 1.84 bits per heavy atom. The van der Waals surface area contributed by atoms with Crippen molar-refractivity contribution >= 4 is 40.7 Å². The standard InChI is InChI=1S/C17H21Cl2N3O3/c18-12-3-1-4-13(19)16(12)20-15(23)11-21-6-8-22(9-7-21)17(24)14-5-2-10-25-14/h1,3-4,14H,2,5-11H2,(H,20,23)/t14-/m0/s1. The number of hydrogen-bond acceptors (Lipinski definition) is 4. The number of amides is 2. The van der Waals surface area contributed by atoms with E-state index in [2.05, 4.69) is 5.32 Å². The number of para-hydroxylation sites is 1. The number of ether oxygens (including phenoxy) is 1. The first-order valence-corrected chi connectivity index (χ1v) is 9.17. The van der Waals surface area contributed by atoms with Gasteiger partial charge >= 0.3 is 0 Å². The summed E-state index contributed by atoms with van der Waals surface area (Å²) in [5, 5.41) is 3.58. The van der Waals surface area contributed by atoms with E-state index in [1.165, 1.54) is 0 Å². The Morgan fingerprint density at radius 1 is 1.16 bits per heavy atom. The molecule has 6 nitrogen and oxygen atoms in total. The van der Waals surface area contributed by atoms with Crippen LogP contribution in [0.1, 0.15) is 12.8 Å². The fourth-order valence-electron chi connectivity index (χ4n) is 3.10. The summed E-state index contributed by atoms with van der Waals surface area (Å²) in [7, 11) is 0. The van der Waals surface area contributed by atoms with Crippen molar-refractivity contribution in [1.29, 1.82) is 0 Å². The van der Waals surface area contributed by atoms with E-state index in [9.17, 15) is 9.59 Å². The molecule has 0 aromatic heterocycles. The fourth-order valence-corrected chi connectivity index (χ4v) is 3.59. The second kappa shape index (κ2) is 8.36. The number of anilines is 1. The predicted octanol–water partition coefficient (Wildman–Crippen LogP) is 2.26. The molecule has 1 N–H and O–H groups in total. The molecule has 136 valence electrons. The third kappa shape index (κ3) is 4.64. The van der Waals surface area contributed by atoms with Gasteiger partial charge in [0, 0.05) is 32.8 Å². The van der Waals surface area contributed by atoms with Crippen LogP contribution < -0.4 is 5.32 Å². The van der Waals surface area contributed by atoms with Gasteiger partial charge in [0.2, 0.25) is 5.91 Å². The highest BCUT2D eigenvalue weighted by molar-refractivity contribution is 6.39. The Hall–Kier alpha value is -1.34. The zero-order valence-corrected chi connectivity index (χ0v) is 15.4. The van der Waals surface area contributed by atoms with Crippen molar-refractivity contribution in [2.75, 3.05) is 44.6 Å². The molecule has 2 aliphatic rings. The molecule has 2 saturated heterocycles. The average molecular weight is 386 g/mol. The molecule has 0 bridgehead atoms. The summed E-state index contributed by atoms with van der Waals surface area (Å²) < 4.78 is 5.45. The van der Waals surface area contributed by atoms with Crippen LogP contribution in [0.2, 0.25) is 10.0 Å². The molecule has 2 fully saturated rings. The van der Waals surface area contributed by atoms with Gasteiger partial charge < -0.3 is 15.0 Å². The van der Waals surface area contributed by atoms with Crippen molar-refractivity contribution in [2.24, 2.45) is 0 Å². The molecule has 2 aliphatic heterocycles. The predicted molar refractivity (Wildman–Crippen MR) is 97.1 cm³/mol. The number of rotatable bonds is 4. The van der Waals surface area contributed by atoms with Gasteiger partial charge in [-0.05, 0) is 25.0 Å². The van der Waals surface area contributed by atoms with Crippen LogP contribution in [0.3, 0.4) is 0 Å². The molecule has 2 heterocycles. The van der Waals surface area contributed by atoms with Gasteiger partial charge in [0.15, 0.2) is 0 Å². The summed E-state index contributed by atoms with van der Waals surface area (Å²) in [4.78, 5) is 28.4. The SMILES string of the molecule is O=C(CN1CCN(C(=O)[C@@H]2CCCO2)CC1)Nc1c(Cl)cccc1Cl. The Balaban J connectivity index is 1.47. The molecule has 2 amide bonds. The van der Waals surface area contributed by atoms with Crippen molar-refractivity contribution < 1.29 is 14.3 Å². The van der Waals surface area contributed by atoms with Gasteiger partial charge in [-0.1, -0.05) is 29.3 Å². The lowest BCUT2D eigenvalue weighted by Crippen LogP contribution is -2.52. The third-order valence-electron chi connectivity index (χ3n) is 4.48. The first kappa shape index (κ1) is 18.5. The first-order valence-electron chi connectivity index (χ1n) is 8.41. The van der Waals surface area contributed by atoms with E-state index in [-0.39, 0.29) is 24.5 Å². The first-order chi connectivity index (χ1) is 12.0. The summed E-state index contributed by atoms with van der Waals surface area (Å²) in [5.41, 5.74) is 0.433. The molecule has 1 aromatic rings. The fraction of sp³-hybridized carbons (Fsp3) is 0.529. The molecule has 1 atom stereocenters. The van der Waals surface area contributed by atoms with Crippen LogP contribution in [0.15, 0.2) is 18.2 Å². The van der Waals surface area contributed by atoms with Gasteiger partial charge in [-0.15, -0.1) is 0 Å². The monoisotopic (exact) mass is 385 g/mol. The molecule has 0 radical (unpaired) electrons. The van der Waals surface area contributed by atoms with Crippen molar-refractivity contribution in [3.63, 3.8) is 0 Å². The zero-order chi connectivity index (χ0) is 17.8. The van der Waals surface area contributed by atoms with Gasteiger partial charge in [-0.25, -0.2) is 0 Å². The summed E-state index contributed by atoms with van der Waals surface area (Å²) in [6.07, 6.45) is 1.47. The van der Waals surface area contributed by atoms with Crippen molar-refractivity contribution in [3.8, 4) is 0 Å². The van der Waals surface area contributed by atoms with Crippen LogP contribution in [0.5, 0.6) is 0 Å². The van der Waals surface area contributed by atoms with E-state index in [0.717, 1.165) is 12.8 Å². The Bertz CT molecular complexity index is 622. The van der Waals surface area contributed by atoms with Crippen LogP contribution in [0, 0.1) is 0 Å². The summed E-state index contributed by atoms with van der Waals surface area (Å²) in [5.74, 6) is -0.0987. The molecule has 0 saturated carbocycles. The maximum absolute atomic E-state index is 12.3. The normalized spacial score (nSPS) is 21.4. The molecular formula is C17H21Cl2N3O3. The molecule has 0 spiro atoms. The number of carbonyl (C=O) groups excluding carboxylic acids is 2. The van der Waals surface area contributed by atoms with E-state index >= 15 is 0 Å². The molecule has 1 aromatic carbocycles. The van der Waals surface area contributed by atoms with Crippen LogP contribution >= 0.6 is 23.2 Å². The second-order valence-electron chi connectivity index (χ2n) is 6.25. The molecular weight excluding hydrogens is 365 g/mol. The van der Waals surface area contributed by atoms with Crippen LogP contribution in [0.25, 0.3) is 0 Å². The summed E-state index contributed by atoms with van der Waals surface area (Å²) >= 11 is 12.1. The highest BCUT2D eigenvalue weighted by Crippen LogP contribution is 2.29. The number of carbonyl (C=O) groups is 2. The Kier molecular flexibility index (Phi) is 6.17. The molecule has 3 rings (SSSR count). The number of benzene rings is 1. The smallest absolute Gasteiger partial charge is 0.251 e. The molecule has 8 heteroatoms. The highest BCUT2D eigenvalue weighted by Gasteiger charge is 2.30. The third-order valence-corrected chi connectivity index (χ3v) is 5.11. The Morgan fingerprint density at radius 3 is 2.44 bits per heavy atom. The van der Waals surface area contributed by atoms with Gasteiger partial charge in [-0.3, -0.25) is 14.5 Å². The largest absolute Gasteiger partial charge is 0.368 e. The quantitative estimate of drug-likeness (QED) is 0.863. The van der Waals surface area contributed by atoms with E-state index < -0.39 is 0 Å². The maximum Gasteiger partial charge on any atom is 0.251 e. The van der Waals surface area contributed by atoms with Crippen LogP contribution in [-0.2, 0) is 14.3 Å². The van der Waals surface area contributed by atoms with E-state index in [4.69, 9.17) is 27.9 Å². The minimum absolute atomic E-state index is 0.0736. The maximum atomic E-state index is 12.3. The minimum Gasteiger partial charge on any atom is -0.368 e. The van der Waals surface area contributed by atoms with Crippen molar-refractivity contribution in [1.82, 2.24) is 9.80 Å². The van der Waals surface area contributed by atoms with Gasteiger partial charge in [0.1, 0.15) is 6.10 Å². The highest BCUT2D eigenvalue weighted by atomic mass is 35.5. The lowest BCUT2D eigenvalue weighted by atomic mass is 10.2. The van der Waals surface area contributed by atoms with Gasteiger partial charge in [-0.2, -0.15) is 0 Å². The zero-order valence-electron chi connectivity index (χ0n) is 13.8. The second-order valence-corrected chi connectivity index (χ2v) is 7.06. The van der Waals surface area contributed by atoms with Gasteiger partial charge in [0.05, 0.1) is 22.3 Å². The lowest BCUT2D eigenvalue weighted by molar-refractivity contribution is -0.142. The minimum atomic E-state index is -0.280. The number of nitrogens with zero attached hydrogens (tertiary/aromatic N) is 2. The summed E-state index contributed by atoms with van der Waals surface area (Å²) in [6, 6.07) is 5.08.